The molecule has 2 N–H and O–H groups in total. The number of amides is 1. The van der Waals surface area contributed by atoms with Gasteiger partial charge in [-0.15, -0.1) is 11.3 Å². The van der Waals surface area contributed by atoms with E-state index in [0.717, 1.165) is 0 Å². The molecule has 1 heterocycles. The quantitative estimate of drug-likeness (QED) is 0.758. The summed E-state index contributed by atoms with van der Waals surface area (Å²) < 4.78 is 23.8. The number of hydrogen-bond donors (Lipinski definition) is 2. The summed E-state index contributed by atoms with van der Waals surface area (Å²) in [4.78, 5) is 13.3. The van der Waals surface area contributed by atoms with Gasteiger partial charge in [-0.25, -0.2) is 18.6 Å². The minimum atomic E-state index is -2.65. The molecular weight excluding hydrogens is 190 g/mol. The number of carbonyl (C=O) groups is 1. The molecule has 1 amide bonds. The highest BCUT2D eigenvalue weighted by Gasteiger charge is 2.12. The topological polar surface area (TPSA) is 62.2 Å². The van der Waals surface area contributed by atoms with Gasteiger partial charge in [-0.2, -0.15) is 0 Å². The average Bonchev–Trinajstić information content (AvgIpc) is 2.34. The number of anilines is 1. The van der Waals surface area contributed by atoms with Gasteiger partial charge in [-0.05, 0) is 0 Å². The number of carboxylic acid groups (broad SMARTS) is 1. The molecule has 7 heteroatoms. The van der Waals surface area contributed by atoms with Gasteiger partial charge in [0, 0.05) is 5.38 Å². The molecule has 1 rings (SSSR count). The van der Waals surface area contributed by atoms with E-state index in [2.05, 4.69) is 4.98 Å². The van der Waals surface area contributed by atoms with Crippen molar-refractivity contribution in [2.24, 2.45) is 0 Å². The zero-order chi connectivity index (χ0) is 9.14. The largest absolute Gasteiger partial charge is 0.465 e. The van der Waals surface area contributed by atoms with Crippen LogP contribution in [-0.2, 0) is 0 Å². The van der Waals surface area contributed by atoms with Crippen LogP contribution in [0.25, 0.3) is 0 Å². The van der Waals surface area contributed by atoms with E-state index >= 15 is 0 Å². The minimum Gasteiger partial charge on any atom is -0.465 e. The van der Waals surface area contributed by atoms with Crippen LogP contribution in [0.4, 0.5) is 19.4 Å². The maximum atomic E-state index is 11.9. The molecule has 0 aliphatic rings. The Morgan fingerprint density at radius 2 is 2.42 bits per heavy atom. The Hall–Kier alpha value is -1.24. The third-order valence-electron chi connectivity index (χ3n) is 0.944. The molecule has 0 aliphatic carbocycles. The van der Waals surface area contributed by atoms with Crippen molar-refractivity contribution in [3.05, 3.63) is 10.4 Å². The van der Waals surface area contributed by atoms with Crippen molar-refractivity contribution < 1.29 is 18.7 Å². The normalized spacial score (nSPS) is 10.2. The van der Waals surface area contributed by atoms with Crippen LogP contribution >= 0.6 is 11.3 Å². The van der Waals surface area contributed by atoms with Crippen LogP contribution in [0.5, 0.6) is 0 Å². The van der Waals surface area contributed by atoms with Crippen LogP contribution < -0.4 is 5.32 Å². The van der Waals surface area contributed by atoms with Gasteiger partial charge in [0.2, 0.25) is 0 Å². The molecule has 1 aromatic heterocycles. The molecule has 0 unspecified atom stereocenters. The van der Waals surface area contributed by atoms with Gasteiger partial charge in [0.05, 0.1) is 0 Å². The van der Waals surface area contributed by atoms with Crippen molar-refractivity contribution in [2.45, 2.75) is 6.43 Å². The van der Waals surface area contributed by atoms with Crippen molar-refractivity contribution in [1.29, 1.82) is 0 Å². The molecule has 0 aliphatic heterocycles. The number of thiazole rings is 1. The molecule has 0 radical (unpaired) electrons. The Morgan fingerprint density at radius 1 is 1.75 bits per heavy atom. The Balaban J connectivity index is 2.70. The van der Waals surface area contributed by atoms with Crippen molar-refractivity contribution >= 4 is 23.2 Å². The van der Waals surface area contributed by atoms with Crippen LogP contribution in [0.3, 0.4) is 0 Å². The molecule has 0 saturated carbocycles. The molecule has 0 fully saturated rings. The van der Waals surface area contributed by atoms with E-state index in [4.69, 9.17) is 5.11 Å². The zero-order valence-electron chi connectivity index (χ0n) is 5.62. The highest BCUT2D eigenvalue weighted by molar-refractivity contribution is 7.10. The van der Waals surface area contributed by atoms with E-state index in [1.54, 1.807) is 0 Å². The van der Waals surface area contributed by atoms with E-state index in [1.807, 2.05) is 5.32 Å². The molecule has 0 aromatic carbocycles. The fourth-order valence-corrected chi connectivity index (χ4v) is 1.15. The summed E-state index contributed by atoms with van der Waals surface area (Å²) in [5.41, 5.74) is 0. The second-order valence-electron chi connectivity index (χ2n) is 1.80. The summed E-state index contributed by atoms with van der Waals surface area (Å²) in [6.45, 7) is 0. The molecular formula is C5H4F2N2O2S. The van der Waals surface area contributed by atoms with E-state index in [0.29, 0.717) is 11.3 Å². The summed E-state index contributed by atoms with van der Waals surface area (Å²) in [5, 5.41) is 10.9. The lowest BCUT2D eigenvalue weighted by Crippen LogP contribution is -2.07. The van der Waals surface area contributed by atoms with Gasteiger partial charge in [-0.1, -0.05) is 0 Å². The van der Waals surface area contributed by atoms with Crippen molar-refractivity contribution in [2.75, 3.05) is 5.32 Å². The first-order chi connectivity index (χ1) is 5.59. The lowest BCUT2D eigenvalue weighted by Gasteiger charge is -1.92. The molecule has 4 nitrogen and oxygen atoms in total. The van der Waals surface area contributed by atoms with Crippen LogP contribution in [0.1, 0.15) is 11.4 Å². The predicted molar refractivity (Wildman–Crippen MR) is 38.7 cm³/mol. The van der Waals surface area contributed by atoms with Gasteiger partial charge in [0.1, 0.15) is 5.82 Å². The number of halogens is 2. The number of nitrogens with zero attached hydrogens (tertiary/aromatic N) is 1. The lowest BCUT2D eigenvalue weighted by molar-refractivity contribution is 0.151. The number of hydrogen-bond acceptors (Lipinski definition) is 3. The summed E-state index contributed by atoms with van der Waals surface area (Å²) in [7, 11) is 0. The van der Waals surface area contributed by atoms with E-state index < -0.39 is 17.5 Å². The first kappa shape index (κ1) is 8.85. The van der Waals surface area contributed by atoms with Crippen molar-refractivity contribution in [1.82, 2.24) is 4.98 Å². The zero-order valence-corrected chi connectivity index (χ0v) is 6.44. The van der Waals surface area contributed by atoms with Crippen LogP contribution in [0.15, 0.2) is 5.38 Å². The monoisotopic (exact) mass is 194 g/mol. The number of alkyl halides is 2. The summed E-state index contributed by atoms with van der Waals surface area (Å²) in [6.07, 6.45) is -3.97. The number of aromatic nitrogens is 1. The van der Waals surface area contributed by atoms with Crippen molar-refractivity contribution in [3.63, 3.8) is 0 Å². The van der Waals surface area contributed by atoms with Gasteiger partial charge in [0.25, 0.3) is 6.43 Å². The highest BCUT2D eigenvalue weighted by Crippen LogP contribution is 2.24. The maximum Gasteiger partial charge on any atom is 0.410 e. The maximum absolute atomic E-state index is 11.9. The minimum absolute atomic E-state index is 0.0669. The van der Waals surface area contributed by atoms with Gasteiger partial charge >= 0.3 is 6.09 Å². The highest BCUT2D eigenvalue weighted by atomic mass is 32.1. The third kappa shape index (κ3) is 2.12. The van der Waals surface area contributed by atoms with Gasteiger partial charge < -0.3 is 5.11 Å². The molecule has 1 aromatic rings. The van der Waals surface area contributed by atoms with E-state index in [1.165, 1.54) is 5.38 Å². The smallest absolute Gasteiger partial charge is 0.410 e. The standard InChI is InChI=1S/C5H4F2N2O2S/c6-3(7)4-8-2(1-12-4)9-5(10)11/h1,3,9H,(H,10,11). The third-order valence-corrected chi connectivity index (χ3v) is 1.80. The number of nitrogens with one attached hydrogen (secondary N) is 1. The molecule has 0 atom stereocenters. The van der Waals surface area contributed by atoms with Crippen LogP contribution in [-0.4, -0.2) is 16.2 Å². The summed E-state index contributed by atoms with van der Waals surface area (Å²) in [6, 6.07) is 0. The molecule has 0 saturated heterocycles. The Labute approximate surface area is 69.9 Å². The molecule has 0 bridgehead atoms. The SMILES string of the molecule is O=C(O)Nc1csc(C(F)F)n1. The molecule has 0 spiro atoms. The van der Waals surface area contributed by atoms with Crippen LogP contribution in [0.2, 0.25) is 0 Å². The van der Waals surface area contributed by atoms with Gasteiger partial charge in [-0.3, -0.25) is 5.32 Å². The summed E-state index contributed by atoms with van der Waals surface area (Å²) >= 11 is 0.713. The molecule has 66 valence electrons. The first-order valence-electron chi connectivity index (χ1n) is 2.83. The van der Waals surface area contributed by atoms with E-state index in [9.17, 15) is 13.6 Å². The van der Waals surface area contributed by atoms with Gasteiger partial charge in [0.15, 0.2) is 5.01 Å². The average molecular weight is 194 g/mol. The first-order valence-corrected chi connectivity index (χ1v) is 3.71. The second kappa shape index (κ2) is 3.44. The summed E-state index contributed by atoms with van der Waals surface area (Å²) in [5.74, 6) is -0.0669. The second-order valence-corrected chi connectivity index (χ2v) is 2.69. The fourth-order valence-electron chi connectivity index (χ4n) is 0.555. The lowest BCUT2D eigenvalue weighted by atomic mass is 10.7. The fraction of sp³-hybridized carbons (Fsp3) is 0.200. The Kier molecular flexibility index (Phi) is 2.54. The van der Waals surface area contributed by atoms with E-state index in [-0.39, 0.29) is 5.82 Å². The Bertz CT molecular complexity index is 289. The van der Waals surface area contributed by atoms with Crippen molar-refractivity contribution in [3.8, 4) is 0 Å². The Morgan fingerprint density at radius 3 is 2.83 bits per heavy atom. The number of rotatable bonds is 2. The predicted octanol–water partition coefficient (Wildman–Crippen LogP) is 2.17. The molecule has 12 heavy (non-hydrogen) atoms. The van der Waals surface area contributed by atoms with Crippen LogP contribution in [0, 0.1) is 0 Å².